The van der Waals surface area contributed by atoms with Crippen molar-refractivity contribution < 1.29 is 9.59 Å². The molecule has 3 N–H and O–H groups in total. The van der Waals surface area contributed by atoms with E-state index >= 15 is 0 Å². The van der Waals surface area contributed by atoms with Crippen molar-refractivity contribution in [2.24, 2.45) is 5.73 Å². The summed E-state index contributed by atoms with van der Waals surface area (Å²) in [4.78, 5) is 29.9. The number of carbonyl (C=O) groups is 2. The van der Waals surface area contributed by atoms with Crippen LogP contribution in [0.2, 0.25) is 0 Å². The third kappa shape index (κ3) is 3.07. The van der Waals surface area contributed by atoms with Crippen LogP contribution in [0.15, 0.2) is 36.4 Å². The average molecular weight is 257 g/mol. The standard InChI is InChI=1S/C14H15N3O2/c1-9(13(15)19)5-4-8-12(18)14-16-10-6-2-3-7-11(10)17-14/h2-3,6-7H,1,4-5,8H2,(H2,15,19)(H,16,17). The highest BCUT2D eigenvalue weighted by atomic mass is 16.1. The van der Waals surface area contributed by atoms with Crippen LogP contribution < -0.4 is 5.73 Å². The van der Waals surface area contributed by atoms with E-state index in [1.807, 2.05) is 24.3 Å². The van der Waals surface area contributed by atoms with Crippen LogP contribution in [0, 0.1) is 0 Å². The molecular formula is C14H15N3O2. The number of nitrogens with one attached hydrogen (secondary N) is 1. The predicted octanol–water partition coefficient (Wildman–Crippen LogP) is 1.96. The number of hydrogen-bond donors (Lipinski definition) is 2. The highest BCUT2D eigenvalue weighted by Gasteiger charge is 2.11. The zero-order valence-corrected chi connectivity index (χ0v) is 10.5. The molecule has 0 spiro atoms. The van der Waals surface area contributed by atoms with Crippen molar-refractivity contribution in [1.82, 2.24) is 9.97 Å². The molecule has 2 aromatic rings. The van der Waals surface area contributed by atoms with Crippen molar-refractivity contribution >= 4 is 22.7 Å². The van der Waals surface area contributed by atoms with Gasteiger partial charge in [0.05, 0.1) is 11.0 Å². The maximum atomic E-state index is 11.9. The SMILES string of the molecule is C=C(CCCC(=O)c1nc2ccccc2[nH]1)C(N)=O. The molecule has 19 heavy (non-hydrogen) atoms. The number of H-pyrrole nitrogens is 1. The summed E-state index contributed by atoms with van der Waals surface area (Å²) < 4.78 is 0. The Hall–Kier alpha value is -2.43. The van der Waals surface area contributed by atoms with Gasteiger partial charge in [0.25, 0.3) is 0 Å². The van der Waals surface area contributed by atoms with Gasteiger partial charge in [-0.05, 0) is 25.0 Å². The first kappa shape index (κ1) is 13.0. The summed E-state index contributed by atoms with van der Waals surface area (Å²) in [7, 11) is 0. The molecule has 0 bridgehead atoms. The molecule has 0 radical (unpaired) electrons. The average Bonchev–Trinajstić information content (AvgIpc) is 2.82. The lowest BCUT2D eigenvalue weighted by Crippen LogP contribution is -2.13. The normalized spacial score (nSPS) is 10.5. The minimum absolute atomic E-state index is 0.0755. The van der Waals surface area contributed by atoms with Crippen molar-refractivity contribution in [3.8, 4) is 0 Å². The Labute approximate surface area is 110 Å². The second kappa shape index (κ2) is 5.48. The molecule has 0 aliphatic heterocycles. The first-order valence-corrected chi connectivity index (χ1v) is 6.03. The van der Waals surface area contributed by atoms with E-state index in [2.05, 4.69) is 16.5 Å². The van der Waals surface area contributed by atoms with Gasteiger partial charge < -0.3 is 10.7 Å². The van der Waals surface area contributed by atoms with Gasteiger partial charge in [-0.3, -0.25) is 9.59 Å². The van der Waals surface area contributed by atoms with Crippen LogP contribution in [0.1, 0.15) is 29.9 Å². The Morgan fingerprint density at radius 3 is 2.68 bits per heavy atom. The van der Waals surface area contributed by atoms with Gasteiger partial charge in [0, 0.05) is 12.0 Å². The van der Waals surface area contributed by atoms with E-state index in [9.17, 15) is 9.59 Å². The second-order valence-electron chi connectivity index (χ2n) is 4.35. The molecule has 0 atom stereocenters. The van der Waals surface area contributed by atoms with E-state index in [0.717, 1.165) is 11.0 Å². The number of para-hydroxylation sites is 2. The minimum Gasteiger partial charge on any atom is -0.366 e. The summed E-state index contributed by atoms with van der Waals surface area (Å²) in [6.45, 7) is 3.55. The molecule has 0 unspecified atom stereocenters. The molecule has 0 aliphatic rings. The third-order valence-corrected chi connectivity index (χ3v) is 2.88. The summed E-state index contributed by atoms with van der Waals surface area (Å²) in [5.41, 5.74) is 7.03. The number of imidazole rings is 1. The molecule has 0 fully saturated rings. The van der Waals surface area contributed by atoms with Gasteiger partial charge in [-0.1, -0.05) is 18.7 Å². The van der Waals surface area contributed by atoms with Crippen LogP contribution in [0.4, 0.5) is 0 Å². The van der Waals surface area contributed by atoms with Gasteiger partial charge >= 0.3 is 0 Å². The quantitative estimate of drug-likeness (QED) is 0.612. The fourth-order valence-electron chi connectivity index (χ4n) is 1.79. The van der Waals surface area contributed by atoms with Gasteiger partial charge in [-0.15, -0.1) is 0 Å². The fraction of sp³-hybridized carbons (Fsp3) is 0.214. The van der Waals surface area contributed by atoms with Gasteiger partial charge in [-0.25, -0.2) is 4.98 Å². The molecule has 2 rings (SSSR count). The van der Waals surface area contributed by atoms with Crippen molar-refractivity contribution in [3.05, 3.63) is 42.2 Å². The monoisotopic (exact) mass is 257 g/mol. The Bertz CT molecular complexity index is 610. The maximum absolute atomic E-state index is 11.9. The maximum Gasteiger partial charge on any atom is 0.244 e. The smallest absolute Gasteiger partial charge is 0.244 e. The Morgan fingerprint density at radius 2 is 2.00 bits per heavy atom. The summed E-state index contributed by atoms with van der Waals surface area (Å²) in [5, 5.41) is 0. The topological polar surface area (TPSA) is 88.8 Å². The predicted molar refractivity (Wildman–Crippen MR) is 72.6 cm³/mol. The highest BCUT2D eigenvalue weighted by molar-refractivity contribution is 5.96. The lowest BCUT2D eigenvalue weighted by atomic mass is 10.1. The molecule has 1 aromatic heterocycles. The Balaban J connectivity index is 1.96. The molecule has 1 aromatic carbocycles. The summed E-state index contributed by atoms with van der Waals surface area (Å²) >= 11 is 0. The molecule has 0 saturated heterocycles. The van der Waals surface area contributed by atoms with Gasteiger partial charge in [0.2, 0.25) is 5.91 Å². The number of aromatic nitrogens is 2. The molecular weight excluding hydrogens is 242 g/mol. The molecule has 98 valence electrons. The van der Waals surface area contributed by atoms with E-state index in [0.29, 0.717) is 30.7 Å². The van der Waals surface area contributed by atoms with Crippen molar-refractivity contribution in [2.45, 2.75) is 19.3 Å². The number of hydrogen-bond acceptors (Lipinski definition) is 3. The number of nitrogens with two attached hydrogens (primary N) is 1. The number of nitrogens with zero attached hydrogens (tertiary/aromatic N) is 1. The van der Waals surface area contributed by atoms with Gasteiger partial charge in [0.1, 0.15) is 0 Å². The summed E-state index contributed by atoms with van der Waals surface area (Å²) in [5.74, 6) is -0.240. The Kier molecular flexibility index (Phi) is 3.75. The molecule has 5 heteroatoms. The fourth-order valence-corrected chi connectivity index (χ4v) is 1.79. The number of rotatable bonds is 6. The number of carbonyl (C=O) groups excluding carboxylic acids is 2. The third-order valence-electron chi connectivity index (χ3n) is 2.88. The van der Waals surface area contributed by atoms with E-state index in [-0.39, 0.29) is 5.78 Å². The zero-order valence-electron chi connectivity index (χ0n) is 10.5. The largest absolute Gasteiger partial charge is 0.366 e. The number of primary amides is 1. The molecule has 0 aliphatic carbocycles. The minimum atomic E-state index is -0.517. The number of Topliss-reactive ketones (excluding diaryl/α,β-unsaturated/α-hetero) is 1. The zero-order chi connectivity index (χ0) is 13.8. The number of fused-ring (bicyclic) bond motifs is 1. The number of amides is 1. The van der Waals surface area contributed by atoms with Crippen LogP contribution in [0.5, 0.6) is 0 Å². The lowest BCUT2D eigenvalue weighted by Gasteiger charge is -1.99. The van der Waals surface area contributed by atoms with Crippen molar-refractivity contribution in [3.63, 3.8) is 0 Å². The molecule has 1 amide bonds. The van der Waals surface area contributed by atoms with Crippen LogP contribution in [-0.2, 0) is 4.79 Å². The van der Waals surface area contributed by atoms with Crippen molar-refractivity contribution in [2.75, 3.05) is 0 Å². The van der Waals surface area contributed by atoms with Gasteiger partial charge in [0.15, 0.2) is 11.6 Å². The first-order chi connectivity index (χ1) is 9.08. The second-order valence-corrected chi connectivity index (χ2v) is 4.35. The number of benzene rings is 1. The van der Waals surface area contributed by atoms with Crippen LogP contribution in [0.3, 0.4) is 0 Å². The molecule has 5 nitrogen and oxygen atoms in total. The number of aromatic amines is 1. The van der Waals surface area contributed by atoms with E-state index in [1.165, 1.54) is 0 Å². The number of ketones is 1. The van der Waals surface area contributed by atoms with Crippen molar-refractivity contribution in [1.29, 1.82) is 0 Å². The van der Waals surface area contributed by atoms with Crippen LogP contribution in [0.25, 0.3) is 11.0 Å². The first-order valence-electron chi connectivity index (χ1n) is 6.03. The molecule has 1 heterocycles. The summed E-state index contributed by atoms with van der Waals surface area (Å²) in [6.07, 6.45) is 1.28. The lowest BCUT2D eigenvalue weighted by molar-refractivity contribution is -0.114. The van der Waals surface area contributed by atoms with E-state index in [4.69, 9.17) is 5.73 Å². The van der Waals surface area contributed by atoms with Crippen LogP contribution >= 0.6 is 0 Å². The highest BCUT2D eigenvalue weighted by Crippen LogP contribution is 2.13. The van der Waals surface area contributed by atoms with Gasteiger partial charge in [-0.2, -0.15) is 0 Å². The van der Waals surface area contributed by atoms with E-state index in [1.54, 1.807) is 0 Å². The summed E-state index contributed by atoms with van der Waals surface area (Å²) in [6, 6.07) is 7.46. The van der Waals surface area contributed by atoms with E-state index < -0.39 is 5.91 Å². The van der Waals surface area contributed by atoms with Crippen LogP contribution in [-0.4, -0.2) is 21.7 Å². The molecule has 0 saturated carbocycles. The Morgan fingerprint density at radius 1 is 1.26 bits per heavy atom.